The van der Waals surface area contributed by atoms with Crippen LogP contribution in [0, 0.1) is 13.8 Å². The van der Waals surface area contributed by atoms with Crippen molar-refractivity contribution in [2.75, 3.05) is 17.3 Å². The molecule has 0 aliphatic carbocycles. The standard InChI is InChI=1S/C28H26N2O5/c1-16-5-6-17(2)23(15-16)26(32)24-25(19-7-13-22(35-4)14-8-19)30(28(34)27(24)33)21-11-9-20(10-12-21)29-18(3)31/h5-15,25,32H,1-4H3,(H,29,31)/b26-24+. The summed E-state index contributed by atoms with van der Waals surface area (Å²) in [6, 6.07) is 18.4. The number of nitrogens with zero attached hydrogens (tertiary/aromatic N) is 1. The molecule has 0 spiro atoms. The molecule has 7 heteroatoms. The number of hydrogen-bond donors (Lipinski definition) is 2. The molecule has 1 saturated heterocycles. The number of hydrogen-bond acceptors (Lipinski definition) is 5. The first-order chi connectivity index (χ1) is 16.7. The number of aryl methyl sites for hydroxylation is 2. The first-order valence-corrected chi connectivity index (χ1v) is 11.1. The highest BCUT2D eigenvalue weighted by Crippen LogP contribution is 2.43. The first kappa shape index (κ1) is 23.8. The van der Waals surface area contributed by atoms with Gasteiger partial charge in [0.25, 0.3) is 11.7 Å². The van der Waals surface area contributed by atoms with Crippen LogP contribution in [0.1, 0.15) is 35.2 Å². The number of aliphatic hydroxyl groups excluding tert-OH is 1. The predicted molar refractivity (Wildman–Crippen MR) is 134 cm³/mol. The molecule has 178 valence electrons. The van der Waals surface area contributed by atoms with Crippen LogP contribution in [0.2, 0.25) is 0 Å². The van der Waals surface area contributed by atoms with Gasteiger partial charge >= 0.3 is 0 Å². The van der Waals surface area contributed by atoms with Gasteiger partial charge in [-0.15, -0.1) is 0 Å². The summed E-state index contributed by atoms with van der Waals surface area (Å²) in [6.45, 7) is 5.14. The van der Waals surface area contributed by atoms with Crippen molar-refractivity contribution < 1.29 is 24.2 Å². The summed E-state index contributed by atoms with van der Waals surface area (Å²) in [4.78, 5) is 39.4. The fourth-order valence-corrected chi connectivity index (χ4v) is 4.25. The molecule has 1 unspecified atom stereocenters. The molecular formula is C28H26N2O5. The molecule has 4 rings (SSSR count). The van der Waals surface area contributed by atoms with Crippen molar-refractivity contribution in [1.29, 1.82) is 0 Å². The van der Waals surface area contributed by atoms with E-state index in [4.69, 9.17) is 4.74 Å². The van der Waals surface area contributed by atoms with E-state index >= 15 is 0 Å². The quantitative estimate of drug-likeness (QED) is 0.314. The zero-order chi connectivity index (χ0) is 25.3. The van der Waals surface area contributed by atoms with Crippen LogP contribution in [-0.2, 0) is 14.4 Å². The highest BCUT2D eigenvalue weighted by atomic mass is 16.5. The molecule has 2 amide bonds. The van der Waals surface area contributed by atoms with Crippen LogP contribution in [0.3, 0.4) is 0 Å². The third-order valence-corrected chi connectivity index (χ3v) is 5.99. The number of Topliss-reactive ketones (excluding diaryl/α,β-unsaturated/α-hetero) is 1. The first-order valence-electron chi connectivity index (χ1n) is 11.1. The van der Waals surface area contributed by atoms with Gasteiger partial charge in [-0.3, -0.25) is 19.3 Å². The van der Waals surface area contributed by atoms with Crippen LogP contribution in [0.15, 0.2) is 72.3 Å². The minimum atomic E-state index is -0.854. The number of nitrogens with one attached hydrogen (secondary N) is 1. The number of methoxy groups -OCH3 is 1. The maximum Gasteiger partial charge on any atom is 0.300 e. The van der Waals surface area contributed by atoms with Gasteiger partial charge in [-0.2, -0.15) is 0 Å². The Kier molecular flexibility index (Phi) is 6.42. The van der Waals surface area contributed by atoms with Crippen molar-refractivity contribution in [2.45, 2.75) is 26.8 Å². The van der Waals surface area contributed by atoms with E-state index in [1.54, 1.807) is 61.7 Å². The molecule has 0 saturated carbocycles. The Morgan fingerprint density at radius 1 is 0.971 bits per heavy atom. The SMILES string of the molecule is COc1ccc(C2/C(=C(\O)c3cc(C)ccc3C)C(=O)C(=O)N2c2ccc(NC(C)=O)cc2)cc1. The Bertz CT molecular complexity index is 1340. The zero-order valence-electron chi connectivity index (χ0n) is 20.0. The van der Waals surface area contributed by atoms with E-state index in [-0.39, 0.29) is 17.2 Å². The Morgan fingerprint density at radius 3 is 2.23 bits per heavy atom. The predicted octanol–water partition coefficient (Wildman–Crippen LogP) is 4.90. The van der Waals surface area contributed by atoms with Gasteiger partial charge in [-0.05, 0) is 67.4 Å². The lowest BCUT2D eigenvalue weighted by molar-refractivity contribution is -0.132. The lowest BCUT2D eigenvalue weighted by Gasteiger charge is -2.26. The summed E-state index contributed by atoms with van der Waals surface area (Å²) < 4.78 is 5.26. The third-order valence-electron chi connectivity index (χ3n) is 5.99. The van der Waals surface area contributed by atoms with Gasteiger partial charge in [0, 0.05) is 23.9 Å². The van der Waals surface area contributed by atoms with Crippen molar-refractivity contribution in [3.63, 3.8) is 0 Å². The van der Waals surface area contributed by atoms with Gasteiger partial charge in [0.1, 0.15) is 11.5 Å². The Labute approximate surface area is 203 Å². The average Bonchev–Trinajstić information content (AvgIpc) is 3.11. The smallest absolute Gasteiger partial charge is 0.300 e. The number of rotatable bonds is 5. The number of carbonyl (C=O) groups excluding carboxylic acids is 3. The highest BCUT2D eigenvalue weighted by molar-refractivity contribution is 6.51. The fraction of sp³-hybridized carbons (Fsp3) is 0.179. The van der Waals surface area contributed by atoms with Crippen LogP contribution < -0.4 is 15.0 Å². The van der Waals surface area contributed by atoms with Gasteiger partial charge < -0.3 is 15.2 Å². The lowest BCUT2D eigenvalue weighted by Crippen LogP contribution is -2.29. The molecule has 2 N–H and O–H groups in total. The van der Waals surface area contributed by atoms with E-state index in [0.717, 1.165) is 11.1 Å². The van der Waals surface area contributed by atoms with Crippen LogP contribution in [0.4, 0.5) is 11.4 Å². The molecule has 35 heavy (non-hydrogen) atoms. The van der Waals surface area contributed by atoms with E-state index in [2.05, 4.69) is 5.32 Å². The summed E-state index contributed by atoms with van der Waals surface area (Å²) in [7, 11) is 1.55. The Hall–Kier alpha value is -4.39. The highest BCUT2D eigenvalue weighted by Gasteiger charge is 2.47. The number of ketones is 1. The second-order valence-corrected chi connectivity index (χ2v) is 8.49. The van der Waals surface area contributed by atoms with Gasteiger partial charge in [0.15, 0.2) is 0 Å². The Balaban J connectivity index is 1.90. The number of amides is 2. The number of anilines is 2. The average molecular weight is 471 g/mol. The molecule has 3 aromatic rings. The largest absolute Gasteiger partial charge is 0.507 e. The fourth-order valence-electron chi connectivity index (χ4n) is 4.25. The van der Waals surface area contributed by atoms with Crippen molar-refractivity contribution in [3.8, 4) is 5.75 Å². The van der Waals surface area contributed by atoms with Gasteiger partial charge in [0.2, 0.25) is 5.91 Å². The van der Waals surface area contributed by atoms with E-state index in [9.17, 15) is 19.5 Å². The molecule has 0 radical (unpaired) electrons. The zero-order valence-corrected chi connectivity index (χ0v) is 20.0. The molecule has 1 aliphatic rings. The van der Waals surface area contributed by atoms with Crippen molar-refractivity contribution in [3.05, 3.63) is 94.6 Å². The molecule has 7 nitrogen and oxygen atoms in total. The molecule has 0 aromatic heterocycles. The number of carbonyl (C=O) groups is 3. The minimum Gasteiger partial charge on any atom is -0.507 e. The summed E-state index contributed by atoms with van der Waals surface area (Å²) in [5, 5.41) is 14.0. The molecule has 1 aliphatic heterocycles. The Morgan fingerprint density at radius 2 is 1.63 bits per heavy atom. The van der Waals surface area contributed by atoms with Crippen LogP contribution in [0.5, 0.6) is 5.75 Å². The van der Waals surface area contributed by atoms with Crippen LogP contribution in [-0.4, -0.2) is 29.8 Å². The van der Waals surface area contributed by atoms with E-state index in [0.29, 0.717) is 28.3 Å². The second-order valence-electron chi connectivity index (χ2n) is 8.49. The van der Waals surface area contributed by atoms with Gasteiger partial charge in [-0.25, -0.2) is 0 Å². The number of ether oxygens (including phenoxy) is 1. The second kappa shape index (κ2) is 9.46. The minimum absolute atomic E-state index is 0.0137. The number of aliphatic hydroxyl groups is 1. The van der Waals surface area contributed by atoms with E-state index in [1.165, 1.54) is 11.8 Å². The lowest BCUT2D eigenvalue weighted by atomic mass is 9.93. The number of benzene rings is 3. The third kappa shape index (κ3) is 4.53. The van der Waals surface area contributed by atoms with E-state index < -0.39 is 17.7 Å². The van der Waals surface area contributed by atoms with E-state index in [1.807, 2.05) is 26.0 Å². The molecular weight excluding hydrogens is 444 g/mol. The van der Waals surface area contributed by atoms with Crippen LogP contribution in [0.25, 0.3) is 5.76 Å². The van der Waals surface area contributed by atoms with Crippen LogP contribution >= 0.6 is 0 Å². The topological polar surface area (TPSA) is 95.9 Å². The summed E-state index contributed by atoms with van der Waals surface area (Å²) in [6.07, 6.45) is 0. The van der Waals surface area contributed by atoms with Crippen molar-refractivity contribution >= 4 is 34.7 Å². The van der Waals surface area contributed by atoms with Gasteiger partial charge in [-0.1, -0.05) is 29.8 Å². The van der Waals surface area contributed by atoms with Gasteiger partial charge in [0.05, 0.1) is 18.7 Å². The summed E-state index contributed by atoms with van der Waals surface area (Å²) >= 11 is 0. The summed E-state index contributed by atoms with van der Waals surface area (Å²) in [5.74, 6) is -1.33. The summed E-state index contributed by atoms with van der Waals surface area (Å²) in [5.41, 5.74) is 3.88. The molecule has 3 aromatic carbocycles. The molecule has 1 heterocycles. The van der Waals surface area contributed by atoms with Crippen molar-refractivity contribution in [2.24, 2.45) is 0 Å². The molecule has 1 atom stereocenters. The maximum atomic E-state index is 13.3. The normalized spacial score (nSPS) is 16.9. The molecule has 0 bridgehead atoms. The molecule has 1 fully saturated rings. The van der Waals surface area contributed by atoms with Crippen molar-refractivity contribution in [1.82, 2.24) is 0 Å². The monoisotopic (exact) mass is 470 g/mol. The maximum absolute atomic E-state index is 13.3.